The van der Waals surface area contributed by atoms with Crippen LogP contribution in [-0.2, 0) is 18.4 Å². The van der Waals surface area contributed by atoms with E-state index in [9.17, 15) is 4.79 Å². The van der Waals surface area contributed by atoms with Gasteiger partial charge in [0.1, 0.15) is 0 Å². The lowest BCUT2D eigenvalue weighted by Gasteiger charge is -2.26. The average Bonchev–Trinajstić information content (AvgIpc) is 3.02. The van der Waals surface area contributed by atoms with Gasteiger partial charge >= 0.3 is 0 Å². The number of aliphatic imine (C=N–C) groups is 1. The molecule has 2 heterocycles. The molecule has 1 aromatic heterocycles. The third-order valence-corrected chi connectivity index (χ3v) is 4.29. The van der Waals surface area contributed by atoms with Crippen LogP contribution in [-0.4, -0.2) is 34.7 Å². The van der Waals surface area contributed by atoms with Crippen LogP contribution in [0.15, 0.2) is 41.5 Å². The maximum absolute atomic E-state index is 11.9. The Kier molecular flexibility index (Phi) is 7.43. The van der Waals surface area contributed by atoms with Crippen LogP contribution < -0.4 is 16.0 Å². The van der Waals surface area contributed by atoms with Crippen molar-refractivity contribution in [2.45, 2.75) is 25.8 Å². The molecular formula is C18H25IN6O. The van der Waals surface area contributed by atoms with E-state index in [0.29, 0.717) is 19.5 Å². The lowest BCUT2D eigenvalue weighted by atomic mass is 9.90. The Balaban J connectivity index is 0.00000243. The summed E-state index contributed by atoms with van der Waals surface area (Å²) in [6.45, 7) is 4.01. The van der Waals surface area contributed by atoms with Gasteiger partial charge in [0, 0.05) is 44.4 Å². The molecule has 1 amide bonds. The third-order valence-electron chi connectivity index (χ3n) is 4.29. The Bertz CT molecular complexity index is 773. The van der Waals surface area contributed by atoms with E-state index in [-0.39, 0.29) is 35.8 Å². The zero-order valence-corrected chi connectivity index (χ0v) is 17.4. The minimum atomic E-state index is 0. The van der Waals surface area contributed by atoms with E-state index >= 15 is 0 Å². The number of hydrogen-bond acceptors (Lipinski definition) is 3. The fraction of sp³-hybridized carbons (Fsp3) is 0.389. The highest BCUT2D eigenvalue weighted by atomic mass is 127. The van der Waals surface area contributed by atoms with Crippen molar-refractivity contribution in [3.05, 3.63) is 47.8 Å². The molecule has 1 unspecified atom stereocenters. The second kappa shape index (κ2) is 9.56. The van der Waals surface area contributed by atoms with E-state index in [0.717, 1.165) is 29.4 Å². The quantitative estimate of drug-likeness (QED) is 0.357. The number of anilines is 1. The first-order chi connectivity index (χ1) is 12.2. The summed E-state index contributed by atoms with van der Waals surface area (Å²) >= 11 is 0. The fourth-order valence-electron chi connectivity index (χ4n) is 2.96. The van der Waals surface area contributed by atoms with Gasteiger partial charge in [-0.2, -0.15) is 5.10 Å². The maximum Gasteiger partial charge on any atom is 0.225 e. The number of amides is 1. The molecule has 0 fully saturated rings. The number of guanidine groups is 1. The van der Waals surface area contributed by atoms with Crippen molar-refractivity contribution < 1.29 is 4.79 Å². The second-order valence-corrected chi connectivity index (χ2v) is 6.06. The smallest absolute Gasteiger partial charge is 0.225 e. The Hall–Kier alpha value is -2.10. The van der Waals surface area contributed by atoms with Gasteiger partial charge in [-0.15, -0.1) is 24.0 Å². The van der Waals surface area contributed by atoms with Crippen LogP contribution >= 0.6 is 24.0 Å². The lowest BCUT2D eigenvalue weighted by Crippen LogP contribution is -2.40. The number of aromatic nitrogens is 2. The van der Waals surface area contributed by atoms with Gasteiger partial charge in [-0.3, -0.25) is 9.48 Å². The number of nitrogens with one attached hydrogen (secondary N) is 3. The molecule has 0 aliphatic carbocycles. The molecule has 140 valence electrons. The molecule has 0 saturated heterocycles. The molecular weight excluding hydrogens is 443 g/mol. The van der Waals surface area contributed by atoms with Gasteiger partial charge in [-0.1, -0.05) is 18.2 Å². The van der Waals surface area contributed by atoms with E-state index in [1.54, 1.807) is 6.20 Å². The first-order valence-corrected chi connectivity index (χ1v) is 8.55. The van der Waals surface area contributed by atoms with E-state index in [1.165, 1.54) is 0 Å². The number of aryl methyl sites for hydroxylation is 1. The second-order valence-electron chi connectivity index (χ2n) is 6.06. The zero-order valence-electron chi connectivity index (χ0n) is 15.0. The van der Waals surface area contributed by atoms with Gasteiger partial charge < -0.3 is 16.0 Å². The molecule has 0 bridgehead atoms. The first-order valence-electron chi connectivity index (χ1n) is 8.55. The number of rotatable bonds is 5. The molecule has 26 heavy (non-hydrogen) atoms. The van der Waals surface area contributed by atoms with Gasteiger partial charge in [0.15, 0.2) is 5.96 Å². The summed E-state index contributed by atoms with van der Waals surface area (Å²) in [5, 5.41) is 13.7. The molecule has 2 aromatic rings. The molecule has 1 atom stereocenters. The lowest BCUT2D eigenvalue weighted by molar-refractivity contribution is -0.116. The topological polar surface area (TPSA) is 83.3 Å². The van der Waals surface area contributed by atoms with E-state index < -0.39 is 0 Å². The summed E-state index contributed by atoms with van der Waals surface area (Å²) in [6.07, 6.45) is 2.24. The van der Waals surface area contributed by atoms with Crippen LogP contribution in [0.4, 0.5) is 5.69 Å². The van der Waals surface area contributed by atoms with Crippen LogP contribution in [0.5, 0.6) is 0 Å². The van der Waals surface area contributed by atoms with E-state index in [1.807, 2.05) is 42.9 Å². The van der Waals surface area contributed by atoms with Crippen LogP contribution in [0.2, 0.25) is 0 Å². The minimum Gasteiger partial charge on any atom is -0.357 e. The highest BCUT2D eigenvalue weighted by molar-refractivity contribution is 14.0. The normalized spacial score (nSPS) is 16.3. The van der Waals surface area contributed by atoms with E-state index in [4.69, 9.17) is 0 Å². The molecule has 0 saturated carbocycles. The van der Waals surface area contributed by atoms with Crippen molar-refractivity contribution in [1.82, 2.24) is 20.4 Å². The predicted octanol–water partition coefficient (Wildman–Crippen LogP) is 2.22. The summed E-state index contributed by atoms with van der Waals surface area (Å²) in [5.74, 6) is 0.931. The number of hydrogen-bond donors (Lipinski definition) is 3. The van der Waals surface area contributed by atoms with Gasteiger partial charge in [0.25, 0.3) is 0 Å². The summed E-state index contributed by atoms with van der Waals surface area (Å²) in [4.78, 5) is 16.5. The highest BCUT2D eigenvalue weighted by Gasteiger charge is 2.24. The maximum atomic E-state index is 11.9. The van der Waals surface area contributed by atoms with Crippen molar-refractivity contribution >= 4 is 41.5 Å². The summed E-state index contributed by atoms with van der Waals surface area (Å²) < 4.78 is 1.81. The fourth-order valence-corrected chi connectivity index (χ4v) is 2.96. The van der Waals surface area contributed by atoms with Crippen LogP contribution in [0, 0.1) is 0 Å². The Morgan fingerprint density at radius 3 is 2.88 bits per heavy atom. The number of halogens is 1. The van der Waals surface area contributed by atoms with Gasteiger partial charge in [0.05, 0.1) is 12.2 Å². The number of fused-ring (bicyclic) bond motifs is 1. The SMILES string of the molecule is CCNC(=NCc1ccnn1C)NCC1CC(=O)Nc2ccccc21.I. The monoisotopic (exact) mass is 468 g/mol. The molecule has 0 spiro atoms. The largest absolute Gasteiger partial charge is 0.357 e. The van der Waals surface area contributed by atoms with Crippen molar-refractivity contribution in [2.75, 3.05) is 18.4 Å². The Labute approximate surface area is 170 Å². The standard InChI is InChI=1S/C18H24N6O.HI/c1-3-19-18(21-12-14-8-9-22-24(14)2)20-11-13-10-17(25)23-16-7-5-4-6-15(13)16;/h4-9,13H,3,10-12H2,1-2H3,(H,23,25)(H2,19,20,21);1H. The summed E-state index contributed by atoms with van der Waals surface area (Å²) in [6, 6.07) is 9.91. The molecule has 0 radical (unpaired) electrons. The number of para-hydroxylation sites is 1. The molecule has 7 nitrogen and oxygen atoms in total. The van der Waals surface area contributed by atoms with Crippen molar-refractivity contribution in [1.29, 1.82) is 0 Å². The van der Waals surface area contributed by atoms with Crippen LogP contribution in [0.1, 0.15) is 30.5 Å². The number of carbonyl (C=O) groups excluding carboxylic acids is 1. The number of carbonyl (C=O) groups is 1. The highest BCUT2D eigenvalue weighted by Crippen LogP contribution is 2.31. The summed E-state index contributed by atoms with van der Waals surface area (Å²) in [7, 11) is 1.91. The van der Waals surface area contributed by atoms with Crippen molar-refractivity contribution in [3.63, 3.8) is 0 Å². The third kappa shape index (κ3) is 4.96. The van der Waals surface area contributed by atoms with Gasteiger partial charge in [-0.25, -0.2) is 4.99 Å². The molecule has 3 rings (SSSR count). The minimum absolute atomic E-state index is 0. The van der Waals surface area contributed by atoms with Gasteiger partial charge in [-0.05, 0) is 24.6 Å². The molecule has 1 aromatic carbocycles. The summed E-state index contributed by atoms with van der Waals surface area (Å²) in [5.41, 5.74) is 3.11. The Morgan fingerprint density at radius 1 is 1.35 bits per heavy atom. The predicted molar refractivity (Wildman–Crippen MR) is 114 cm³/mol. The number of benzene rings is 1. The molecule has 1 aliphatic rings. The Morgan fingerprint density at radius 2 is 2.15 bits per heavy atom. The molecule has 8 heteroatoms. The zero-order chi connectivity index (χ0) is 17.6. The number of nitrogens with zero attached hydrogens (tertiary/aromatic N) is 3. The first kappa shape index (κ1) is 20.2. The van der Waals surface area contributed by atoms with Gasteiger partial charge in [0.2, 0.25) is 5.91 Å². The van der Waals surface area contributed by atoms with Crippen molar-refractivity contribution in [3.8, 4) is 0 Å². The molecule has 3 N–H and O–H groups in total. The van der Waals surface area contributed by atoms with Crippen LogP contribution in [0.25, 0.3) is 0 Å². The van der Waals surface area contributed by atoms with E-state index in [2.05, 4.69) is 32.1 Å². The van der Waals surface area contributed by atoms with Crippen LogP contribution in [0.3, 0.4) is 0 Å². The molecule has 1 aliphatic heterocycles. The van der Waals surface area contributed by atoms with Crippen molar-refractivity contribution in [2.24, 2.45) is 12.0 Å². The average molecular weight is 468 g/mol.